The van der Waals surface area contributed by atoms with E-state index in [1.54, 1.807) is 24.3 Å². The minimum Gasteiger partial charge on any atom is -0.492 e. The molecule has 7 nitrogen and oxygen atoms in total. The van der Waals surface area contributed by atoms with Gasteiger partial charge < -0.3 is 14.6 Å². The zero-order chi connectivity index (χ0) is 26.4. The van der Waals surface area contributed by atoms with Crippen LogP contribution in [0.3, 0.4) is 0 Å². The van der Waals surface area contributed by atoms with Crippen LogP contribution in [0.2, 0.25) is 0 Å². The first-order valence-electron chi connectivity index (χ1n) is 11.8. The first kappa shape index (κ1) is 27.2. The molecule has 0 aromatic heterocycles. The van der Waals surface area contributed by atoms with E-state index in [4.69, 9.17) is 26.8 Å². The predicted octanol–water partition coefficient (Wildman–Crippen LogP) is 4.41. The van der Waals surface area contributed by atoms with Crippen LogP contribution in [0.4, 0.5) is 8.78 Å². The van der Waals surface area contributed by atoms with Gasteiger partial charge in [-0.1, -0.05) is 30.0 Å². The maximum Gasteiger partial charge on any atom is 0.303 e. The number of benzene rings is 2. The van der Waals surface area contributed by atoms with Crippen molar-refractivity contribution in [3.05, 3.63) is 58.5 Å². The Morgan fingerprint density at radius 3 is 2.68 bits per heavy atom. The molecule has 2 heterocycles. The number of thioether (sulfide) groups is 1. The lowest BCUT2D eigenvalue weighted by Crippen LogP contribution is -2.38. The molecule has 0 atom stereocenters. The number of hydrogen-bond acceptors (Lipinski definition) is 7. The van der Waals surface area contributed by atoms with Gasteiger partial charge in [0.25, 0.3) is 5.91 Å². The molecule has 4 rings (SSSR count). The zero-order valence-corrected chi connectivity index (χ0v) is 21.6. The number of aliphatic carboxylic acids is 1. The summed E-state index contributed by atoms with van der Waals surface area (Å²) in [6, 6.07) is 8.46. The molecule has 2 aliphatic rings. The van der Waals surface area contributed by atoms with Crippen LogP contribution >= 0.6 is 24.0 Å². The molecule has 1 N–H and O–H groups in total. The molecule has 11 heteroatoms. The number of morpholine rings is 1. The van der Waals surface area contributed by atoms with Gasteiger partial charge in [-0.15, -0.1) is 0 Å². The van der Waals surface area contributed by atoms with Crippen LogP contribution in [0.25, 0.3) is 17.2 Å². The van der Waals surface area contributed by atoms with Crippen LogP contribution in [0.15, 0.2) is 41.3 Å². The van der Waals surface area contributed by atoms with E-state index < -0.39 is 17.6 Å². The van der Waals surface area contributed by atoms with Crippen molar-refractivity contribution in [1.29, 1.82) is 0 Å². The van der Waals surface area contributed by atoms with E-state index in [0.29, 0.717) is 52.5 Å². The Balaban J connectivity index is 1.58. The first-order chi connectivity index (χ1) is 17.8. The van der Waals surface area contributed by atoms with Crippen LogP contribution in [0.1, 0.15) is 18.4 Å². The number of amides is 1. The van der Waals surface area contributed by atoms with Crippen molar-refractivity contribution in [2.75, 3.05) is 46.0 Å². The van der Waals surface area contributed by atoms with Crippen molar-refractivity contribution < 1.29 is 33.0 Å². The van der Waals surface area contributed by atoms with E-state index in [-0.39, 0.29) is 30.9 Å². The van der Waals surface area contributed by atoms with E-state index in [0.717, 1.165) is 30.9 Å². The molecule has 0 bridgehead atoms. The number of carboxylic acid groups (broad SMARTS) is 1. The molecule has 2 aromatic carbocycles. The largest absolute Gasteiger partial charge is 0.492 e. The summed E-state index contributed by atoms with van der Waals surface area (Å²) in [6.45, 7) is 4.31. The molecule has 0 radical (unpaired) electrons. The second kappa shape index (κ2) is 12.6. The summed E-state index contributed by atoms with van der Waals surface area (Å²) in [6.07, 6.45) is 1.86. The van der Waals surface area contributed by atoms with Gasteiger partial charge in [0.2, 0.25) is 0 Å². The minimum atomic E-state index is -0.940. The Morgan fingerprint density at radius 1 is 1.16 bits per heavy atom. The van der Waals surface area contributed by atoms with Gasteiger partial charge in [0.1, 0.15) is 28.3 Å². The molecule has 2 aliphatic heterocycles. The van der Waals surface area contributed by atoms with Gasteiger partial charge in [-0.3, -0.25) is 19.4 Å². The van der Waals surface area contributed by atoms with Crippen LogP contribution in [-0.2, 0) is 14.3 Å². The fourth-order valence-electron chi connectivity index (χ4n) is 4.02. The first-order valence-corrected chi connectivity index (χ1v) is 13.0. The number of nitrogens with zero attached hydrogens (tertiary/aromatic N) is 2. The molecule has 37 heavy (non-hydrogen) atoms. The van der Waals surface area contributed by atoms with Crippen LogP contribution < -0.4 is 4.74 Å². The summed E-state index contributed by atoms with van der Waals surface area (Å²) in [5.41, 5.74) is 1.27. The maximum atomic E-state index is 14.5. The number of thiocarbonyl (C=S) groups is 1. The monoisotopic (exact) mass is 548 g/mol. The highest BCUT2D eigenvalue weighted by molar-refractivity contribution is 8.26. The Labute approximate surface area is 223 Å². The molecular formula is C26H26F2N2O5S2. The summed E-state index contributed by atoms with van der Waals surface area (Å²) in [4.78, 5) is 27.8. The number of rotatable bonds is 10. The molecule has 0 spiro atoms. The molecule has 2 fully saturated rings. The number of carboxylic acids is 1. The number of carbonyl (C=O) groups excluding carboxylic acids is 1. The van der Waals surface area contributed by atoms with Gasteiger partial charge in [-0.05, 0) is 42.3 Å². The smallest absolute Gasteiger partial charge is 0.303 e. The molecule has 2 saturated heterocycles. The number of carbonyl (C=O) groups is 2. The summed E-state index contributed by atoms with van der Waals surface area (Å²) in [7, 11) is 0. The fourth-order valence-corrected chi connectivity index (χ4v) is 5.32. The van der Waals surface area contributed by atoms with Gasteiger partial charge in [0, 0.05) is 49.8 Å². The third-order valence-electron chi connectivity index (χ3n) is 5.95. The van der Waals surface area contributed by atoms with Gasteiger partial charge in [-0.2, -0.15) is 0 Å². The van der Waals surface area contributed by atoms with Crippen molar-refractivity contribution in [2.45, 2.75) is 12.8 Å². The van der Waals surface area contributed by atoms with Crippen molar-refractivity contribution in [1.82, 2.24) is 9.80 Å². The lowest BCUT2D eigenvalue weighted by atomic mass is 10.0. The quantitative estimate of drug-likeness (QED) is 0.346. The van der Waals surface area contributed by atoms with Crippen molar-refractivity contribution >= 4 is 46.3 Å². The average Bonchev–Trinajstić information content (AvgIpc) is 3.13. The van der Waals surface area contributed by atoms with Gasteiger partial charge in [0.15, 0.2) is 0 Å². The predicted molar refractivity (Wildman–Crippen MR) is 141 cm³/mol. The average molecular weight is 549 g/mol. The topological polar surface area (TPSA) is 79.3 Å². The summed E-state index contributed by atoms with van der Waals surface area (Å²) < 4.78 is 39.7. The van der Waals surface area contributed by atoms with Crippen molar-refractivity contribution in [3.63, 3.8) is 0 Å². The molecular weight excluding hydrogens is 522 g/mol. The molecule has 0 saturated carbocycles. The van der Waals surface area contributed by atoms with Gasteiger partial charge >= 0.3 is 5.97 Å². The summed E-state index contributed by atoms with van der Waals surface area (Å²) in [5.74, 6) is -2.12. The second-order valence-electron chi connectivity index (χ2n) is 8.51. The van der Waals surface area contributed by atoms with Crippen LogP contribution in [0, 0.1) is 11.6 Å². The Bertz CT molecular complexity index is 1220. The van der Waals surface area contributed by atoms with Crippen LogP contribution in [0.5, 0.6) is 5.75 Å². The molecule has 1 amide bonds. The van der Waals surface area contributed by atoms with Crippen molar-refractivity contribution in [2.24, 2.45) is 0 Å². The SMILES string of the molecule is O=C(O)CCCN1C(=O)C(=Cc2cc(-c3ccc(F)cc3F)ccc2OCCN2CCOCC2)SC1=S. The lowest BCUT2D eigenvalue weighted by molar-refractivity contribution is -0.137. The Hall–Kier alpha value is -2.86. The molecule has 2 aromatic rings. The molecule has 0 unspecified atom stereocenters. The third-order valence-corrected chi connectivity index (χ3v) is 7.33. The highest BCUT2D eigenvalue weighted by Gasteiger charge is 2.32. The van der Waals surface area contributed by atoms with E-state index in [1.165, 1.54) is 17.0 Å². The molecule has 196 valence electrons. The number of halogens is 2. The van der Waals surface area contributed by atoms with E-state index in [9.17, 15) is 18.4 Å². The van der Waals surface area contributed by atoms with E-state index in [1.807, 2.05) is 0 Å². The van der Waals surface area contributed by atoms with Gasteiger partial charge in [-0.25, -0.2) is 8.78 Å². The van der Waals surface area contributed by atoms with Crippen molar-refractivity contribution in [3.8, 4) is 16.9 Å². The number of hydrogen-bond donors (Lipinski definition) is 1. The summed E-state index contributed by atoms with van der Waals surface area (Å²) in [5, 5.41) is 8.88. The standard InChI is InChI=1S/C26H26F2N2O5S2/c27-19-4-5-20(21(28)16-19)17-3-6-22(35-13-10-29-8-11-34-12-9-29)18(14-17)15-23-25(33)30(26(36)37-23)7-1-2-24(31)32/h3-6,14-16H,1-2,7-13H2,(H,31,32). The number of ether oxygens (including phenoxy) is 2. The molecule has 0 aliphatic carbocycles. The Morgan fingerprint density at radius 2 is 1.95 bits per heavy atom. The van der Waals surface area contributed by atoms with Gasteiger partial charge in [0.05, 0.1) is 18.1 Å². The zero-order valence-electron chi connectivity index (χ0n) is 20.0. The fraction of sp³-hybridized carbons (Fsp3) is 0.346. The van der Waals surface area contributed by atoms with E-state index in [2.05, 4.69) is 4.90 Å². The second-order valence-corrected chi connectivity index (χ2v) is 10.2. The normalized spacial score (nSPS) is 17.6. The van der Waals surface area contributed by atoms with Crippen LogP contribution in [-0.4, -0.2) is 77.1 Å². The lowest BCUT2D eigenvalue weighted by Gasteiger charge is -2.26. The Kier molecular flexibility index (Phi) is 9.25. The highest BCUT2D eigenvalue weighted by Crippen LogP contribution is 2.36. The summed E-state index contributed by atoms with van der Waals surface area (Å²) >= 11 is 6.46. The van der Waals surface area contributed by atoms with E-state index >= 15 is 0 Å². The highest BCUT2D eigenvalue weighted by atomic mass is 32.2. The third kappa shape index (κ3) is 7.13. The minimum absolute atomic E-state index is 0.0669. The maximum absolute atomic E-state index is 14.5.